The van der Waals surface area contributed by atoms with Crippen molar-refractivity contribution in [1.29, 1.82) is 0 Å². The quantitative estimate of drug-likeness (QED) is 0.284. The zero-order valence-corrected chi connectivity index (χ0v) is 20.7. The zero-order chi connectivity index (χ0) is 27.7. The van der Waals surface area contributed by atoms with E-state index in [9.17, 15) is 34.4 Å². The van der Waals surface area contributed by atoms with Crippen LogP contribution in [0, 0.1) is 10.1 Å². The first-order valence-electron chi connectivity index (χ1n) is 12.3. The minimum absolute atomic E-state index is 0.00574. The van der Waals surface area contributed by atoms with Gasteiger partial charge in [-0.1, -0.05) is 24.3 Å². The van der Waals surface area contributed by atoms with Gasteiger partial charge in [-0.15, -0.1) is 0 Å². The summed E-state index contributed by atoms with van der Waals surface area (Å²) < 4.78 is 0. The number of benzene rings is 3. The molecule has 1 unspecified atom stereocenters. The van der Waals surface area contributed by atoms with Crippen LogP contribution in [0.25, 0.3) is 0 Å². The molecule has 3 aromatic rings. The van der Waals surface area contributed by atoms with Crippen LogP contribution >= 0.6 is 0 Å². The summed E-state index contributed by atoms with van der Waals surface area (Å²) in [4.78, 5) is 65.8. The van der Waals surface area contributed by atoms with Crippen LogP contribution in [-0.4, -0.2) is 77.1 Å². The van der Waals surface area contributed by atoms with Crippen LogP contribution < -0.4 is 10.2 Å². The van der Waals surface area contributed by atoms with Crippen LogP contribution in [0.3, 0.4) is 0 Å². The molecule has 1 aliphatic heterocycles. The summed E-state index contributed by atoms with van der Waals surface area (Å²) in [6.45, 7) is 0.979. The highest BCUT2D eigenvalue weighted by atomic mass is 16.6. The zero-order valence-electron chi connectivity index (χ0n) is 20.7. The molecular weight excluding hydrogens is 504 g/mol. The lowest BCUT2D eigenvalue weighted by Gasteiger charge is -2.37. The number of piperazine rings is 1. The highest BCUT2D eigenvalue weighted by Crippen LogP contribution is 2.28. The van der Waals surface area contributed by atoms with Gasteiger partial charge in [0.1, 0.15) is 6.04 Å². The molecule has 2 aliphatic rings. The Morgan fingerprint density at radius 3 is 2.05 bits per heavy atom. The predicted molar refractivity (Wildman–Crippen MR) is 140 cm³/mol. The Morgan fingerprint density at radius 1 is 0.872 bits per heavy atom. The molecule has 39 heavy (non-hydrogen) atoms. The normalized spacial score (nSPS) is 15.3. The van der Waals surface area contributed by atoms with E-state index in [2.05, 4.69) is 5.32 Å². The average molecular weight is 529 g/mol. The van der Waals surface area contributed by atoms with Gasteiger partial charge in [0.05, 0.1) is 11.5 Å². The average Bonchev–Trinajstić information content (AvgIpc) is 2.98. The van der Waals surface area contributed by atoms with Crippen LogP contribution in [0.15, 0.2) is 66.7 Å². The fourth-order valence-electron chi connectivity index (χ4n) is 4.86. The van der Waals surface area contributed by atoms with Crippen molar-refractivity contribution in [3.63, 3.8) is 0 Å². The molecule has 11 nitrogen and oxygen atoms in total. The molecule has 198 valence electrons. The lowest BCUT2D eigenvalue weighted by Crippen LogP contribution is -2.56. The second-order valence-corrected chi connectivity index (χ2v) is 9.26. The molecule has 0 bridgehead atoms. The Balaban J connectivity index is 1.24. The number of nitrogens with zero attached hydrogens (tertiary/aromatic N) is 3. The minimum Gasteiger partial charge on any atom is -0.394 e. The third-order valence-electron chi connectivity index (χ3n) is 6.99. The number of nitro groups is 1. The van der Waals surface area contributed by atoms with Crippen molar-refractivity contribution in [2.24, 2.45) is 0 Å². The highest BCUT2D eigenvalue weighted by Gasteiger charge is 2.32. The van der Waals surface area contributed by atoms with E-state index >= 15 is 0 Å². The second-order valence-electron chi connectivity index (χ2n) is 9.26. The number of carbonyl (C=O) groups is 4. The van der Waals surface area contributed by atoms with E-state index in [4.69, 9.17) is 0 Å². The summed E-state index contributed by atoms with van der Waals surface area (Å²) in [7, 11) is 0. The number of fused-ring (bicyclic) bond motifs is 2. The van der Waals surface area contributed by atoms with Crippen molar-refractivity contribution in [3.8, 4) is 0 Å². The van der Waals surface area contributed by atoms with Crippen molar-refractivity contribution in [2.75, 3.05) is 37.7 Å². The molecule has 3 aromatic carbocycles. The molecule has 0 saturated carbocycles. The molecular formula is C28H24N4O7. The van der Waals surface area contributed by atoms with Gasteiger partial charge in [0.2, 0.25) is 5.91 Å². The third-order valence-corrected chi connectivity index (χ3v) is 6.99. The molecule has 0 aromatic heterocycles. The summed E-state index contributed by atoms with van der Waals surface area (Å²) >= 11 is 0. The maximum atomic E-state index is 13.1. The van der Waals surface area contributed by atoms with E-state index in [1.54, 1.807) is 36.4 Å². The number of hydrogen-bond acceptors (Lipinski definition) is 8. The molecule has 0 spiro atoms. The van der Waals surface area contributed by atoms with Gasteiger partial charge < -0.3 is 20.2 Å². The number of anilines is 1. The smallest absolute Gasteiger partial charge is 0.269 e. The lowest BCUT2D eigenvalue weighted by molar-refractivity contribution is -0.384. The minimum atomic E-state index is -1.20. The molecule has 1 saturated heterocycles. The summed E-state index contributed by atoms with van der Waals surface area (Å²) in [6.07, 6.45) is 0. The molecule has 2 amide bonds. The number of aliphatic hydroxyl groups excluding tert-OH is 1. The van der Waals surface area contributed by atoms with Crippen molar-refractivity contribution >= 4 is 34.8 Å². The van der Waals surface area contributed by atoms with Crippen LogP contribution in [-0.2, 0) is 4.79 Å². The maximum absolute atomic E-state index is 13.1. The molecule has 1 fully saturated rings. The third kappa shape index (κ3) is 4.87. The Morgan fingerprint density at radius 2 is 1.46 bits per heavy atom. The van der Waals surface area contributed by atoms with E-state index < -0.39 is 29.4 Å². The molecule has 2 N–H and O–H groups in total. The number of non-ortho nitro benzene ring substituents is 1. The van der Waals surface area contributed by atoms with Gasteiger partial charge >= 0.3 is 0 Å². The number of amides is 2. The van der Waals surface area contributed by atoms with Gasteiger partial charge in [-0.25, -0.2) is 0 Å². The fraction of sp³-hybridized carbons (Fsp3) is 0.214. The van der Waals surface area contributed by atoms with Gasteiger partial charge in [-0.3, -0.25) is 29.3 Å². The van der Waals surface area contributed by atoms with Crippen molar-refractivity contribution in [2.45, 2.75) is 6.04 Å². The highest BCUT2D eigenvalue weighted by molar-refractivity contribution is 6.28. The van der Waals surface area contributed by atoms with E-state index in [-0.39, 0.29) is 39.5 Å². The first kappa shape index (κ1) is 25.7. The van der Waals surface area contributed by atoms with Crippen LogP contribution in [0.5, 0.6) is 0 Å². The number of carbonyl (C=O) groups excluding carboxylic acids is 4. The van der Waals surface area contributed by atoms with E-state index in [0.717, 1.165) is 5.69 Å². The molecule has 1 heterocycles. The second kappa shape index (κ2) is 10.5. The largest absolute Gasteiger partial charge is 0.394 e. The maximum Gasteiger partial charge on any atom is 0.269 e. The molecule has 11 heteroatoms. The summed E-state index contributed by atoms with van der Waals surface area (Å²) in [5, 5.41) is 23.3. The van der Waals surface area contributed by atoms with Crippen molar-refractivity contribution in [3.05, 3.63) is 105 Å². The van der Waals surface area contributed by atoms with Gasteiger partial charge in [-0.05, 0) is 30.3 Å². The van der Waals surface area contributed by atoms with Crippen molar-refractivity contribution < 1.29 is 29.2 Å². The Bertz CT molecular complexity index is 1490. The lowest BCUT2D eigenvalue weighted by atomic mass is 9.83. The van der Waals surface area contributed by atoms with Crippen molar-refractivity contribution in [1.82, 2.24) is 10.2 Å². The first-order chi connectivity index (χ1) is 18.8. The number of rotatable bonds is 6. The van der Waals surface area contributed by atoms with Gasteiger partial charge in [0.15, 0.2) is 11.6 Å². The van der Waals surface area contributed by atoms with Crippen LogP contribution in [0.4, 0.5) is 11.4 Å². The Kier molecular flexibility index (Phi) is 6.90. The van der Waals surface area contributed by atoms with Gasteiger partial charge in [0, 0.05) is 71.8 Å². The van der Waals surface area contributed by atoms with Crippen LogP contribution in [0.2, 0.25) is 0 Å². The number of nitrogens with one attached hydrogen (secondary N) is 1. The molecule has 0 radical (unpaired) electrons. The van der Waals surface area contributed by atoms with Gasteiger partial charge in [-0.2, -0.15) is 0 Å². The molecule has 1 aliphatic carbocycles. The number of aliphatic hydroxyl groups is 1. The Labute approximate surface area is 222 Å². The summed E-state index contributed by atoms with van der Waals surface area (Å²) in [5.41, 5.74) is 1.77. The topological polar surface area (TPSA) is 150 Å². The summed E-state index contributed by atoms with van der Waals surface area (Å²) in [5.74, 6) is -1.78. The summed E-state index contributed by atoms with van der Waals surface area (Å²) in [6, 6.07) is 15.6. The van der Waals surface area contributed by atoms with E-state index in [1.807, 2.05) is 4.90 Å². The number of hydrogen-bond donors (Lipinski definition) is 2. The number of ketones is 2. The monoisotopic (exact) mass is 528 g/mol. The van der Waals surface area contributed by atoms with Gasteiger partial charge in [0.25, 0.3) is 11.6 Å². The SMILES string of the molecule is O=C(NC(CO)C(=O)N1CCN(c2ccc([N+](=O)[O-])cc2)CC1)c1ccc2c(c1)C(=O)c1ccccc1C2=O. The molecule has 1 atom stereocenters. The Hall–Kier alpha value is -4.90. The van der Waals surface area contributed by atoms with E-state index in [1.165, 1.54) is 35.2 Å². The first-order valence-corrected chi connectivity index (χ1v) is 12.3. The van der Waals surface area contributed by atoms with E-state index in [0.29, 0.717) is 31.7 Å². The van der Waals surface area contributed by atoms with Crippen LogP contribution in [0.1, 0.15) is 42.2 Å². The number of nitro benzene ring substituents is 1. The fourth-order valence-corrected chi connectivity index (χ4v) is 4.86. The molecule has 5 rings (SSSR count). The predicted octanol–water partition coefficient (Wildman–Crippen LogP) is 1.81. The standard InChI is InChI=1S/C28H24N4O7/c33-16-24(28(37)31-13-11-30(12-14-31)18-6-8-19(9-7-18)32(38)39)29-27(36)17-5-10-22-23(15-17)26(35)21-4-2-1-3-20(21)25(22)34/h1-10,15,24,33H,11-14,16H2,(H,29,36).